The minimum atomic E-state index is 0.0942. The molecule has 0 saturated carbocycles. The number of carbonyl (C=O) groups is 1. The Bertz CT molecular complexity index is 264. The van der Waals surface area contributed by atoms with Crippen LogP contribution in [0.25, 0.3) is 0 Å². The zero-order valence-corrected chi connectivity index (χ0v) is 10.9. The summed E-state index contributed by atoms with van der Waals surface area (Å²) >= 11 is 0. The van der Waals surface area contributed by atoms with Gasteiger partial charge in [-0.05, 0) is 45.2 Å². The Labute approximate surface area is 104 Å². The third-order valence-corrected chi connectivity index (χ3v) is 3.91. The lowest BCUT2D eigenvalue weighted by Gasteiger charge is -2.28. The topological polar surface area (TPSA) is 41.6 Å². The highest BCUT2D eigenvalue weighted by Crippen LogP contribution is 2.22. The molecule has 17 heavy (non-hydrogen) atoms. The van der Waals surface area contributed by atoms with Gasteiger partial charge in [0.05, 0.1) is 18.6 Å². The normalized spacial score (nSPS) is 30.5. The van der Waals surface area contributed by atoms with Crippen LogP contribution in [-0.2, 0) is 9.53 Å². The average molecular weight is 240 g/mol. The zero-order chi connectivity index (χ0) is 12.3. The first-order valence-electron chi connectivity index (χ1n) is 6.74. The van der Waals surface area contributed by atoms with Gasteiger partial charge in [0, 0.05) is 13.6 Å². The van der Waals surface area contributed by atoms with E-state index in [1.807, 2.05) is 18.9 Å². The summed E-state index contributed by atoms with van der Waals surface area (Å²) in [6, 6.07) is 0. The molecule has 2 fully saturated rings. The number of rotatable bonds is 3. The Morgan fingerprint density at radius 2 is 2.12 bits per heavy atom. The van der Waals surface area contributed by atoms with Gasteiger partial charge in [-0.3, -0.25) is 4.79 Å². The smallest absolute Gasteiger partial charge is 0.227 e. The van der Waals surface area contributed by atoms with Gasteiger partial charge in [0.2, 0.25) is 5.91 Å². The van der Waals surface area contributed by atoms with E-state index >= 15 is 0 Å². The maximum Gasteiger partial charge on any atom is 0.227 e. The highest BCUT2D eigenvalue weighted by atomic mass is 16.5. The number of hydrogen-bond donors (Lipinski definition) is 1. The molecule has 0 bridgehead atoms. The standard InChI is InChI=1S/C13H24N2O2/c1-10-7-12(9-17-10)13(16)15(2)8-11-3-5-14-6-4-11/h10-12,14H,3-9H2,1-2H3. The maximum absolute atomic E-state index is 12.2. The van der Waals surface area contributed by atoms with Crippen molar-refractivity contribution >= 4 is 5.91 Å². The highest BCUT2D eigenvalue weighted by Gasteiger charge is 2.31. The molecule has 0 aliphatic carbocycles. The van der Waals surface area contributed by atoms with E-state index in [1.165, 1.54) is 12.8 Å². The number of amides is 1. The van der Waals surface area contributed by atoms with E-state index in [4.69, 9.17) is 4.74 Å². The maximum atomic E-state index is 12.2. The molecule has 2 unspecified atom stereocenters. The van der Waals surface area contributed by atoms with Gasteiger partial charge in [-0.25, -0.2) is 0 Å². The summed E-state index contributed by atoms with van der Waals surface area (Å²) in [6.07, 6.45) is 3.51. The van der Waals surface area contributed by atoms with Crippen molar-refractivity contribution < 1.29 is 9.53 Å². The van der Waals surface area contributed by atoms with E-state index in [9.17, 15) is 4.79 Å². The van der Waals surface area contributed by atoms with Crippen molar-refractivity contribution in [2.45, 2.75) is 32.3 Å². The molecular formula is C13H24N2O2. The summed E-state index contributed by atoms with van der Waals surface area (Å²) in [6.45, 7) is 5.74. The van der Waals surface area contributed by atoms with Crippen LogP contribution in [-0.4, -0.2) is 50.2 Å². The quantitative estimate of drug-likeness (QED) is 0.796. The predicted molar refractivity (Wildman–Crippen MR) is 66.8 cm³/mol. The van der Waals surface area contributed by atoms with Crippen molar-refractivity contribution in [1.29, 1.82) is 0 Å². The molecule has 4 nitrogen and oxygen atoms in total. The number of nitrogens with zero attached hydrogens (tertiary/aromatic N) is 1. The van der Waals surface area contributed by atoms with Gasteiger partial charge in [0.15, 0.2) is 0 Å². The number of hydrogen-bond acceptors (Lipinski definition) is 3. The van der Waals surface area contributed by atoms with E-state index in [0.29, 0.717) is 12.5 Å². The predicted octanol–water partition coefficient (Wildman–Crippen LogP) is 0.869. The van der Waals surface area contributed by atoms with E-state index in [0.717, 1.165) is 26.1 Å². The fraction of sp³-hybridized carbons (Fsp3) is 0.923. The summed E-state index contributed by atoms with van der Waals surface area (Å²) in [5, 5.41) is 3.35. The van der Waals surface area contributed by atoms with Gasteiger partial charge >= 0.3 is 0 Å². The van der Waals surface area contributed by atoms with Crippen LogP contribution in [0, 0.1) is 11.8 Å². The number of carbonyl (C=O) groups excluding carboxylic acids is 1. The van der Waals surface area contributed by atoms with Gasteiger partial charge in [-0.1, -0.05) is 0 Å². The SMILES string of the molecule is CC1CC(C(=O)N(C)CC2CCNCC2)CO1. The van der Waals surface area contributed by atoms with Crippen molar-refractivity contribution in [3.8, 4) is 0 Å². The molecule has 2 heterocycles. The third-order valence-electron chi connectivity index (χ3n) is 3.91. The van der Waals surface area contributed by atoms with Gasteiger partial charge in [-0.15, -0.1) is 0 Å². The Morgan fingerprint density at radius 1 is 1.41 bits per heavy atom. The Morgan fingerprint density at radius 3 is 2.71 bits per heavy atom. The molecule has 1 N–H and O–H groups in total. The van der Waals surface area contributed by atoms with E-state index in [-0.39, 0.29) is 17.9 Å². The fourth-order valence-electron chi connectivity index (χ4n) is 2.84. The van der Waals surface area contributed by atoms with Crippen LogP contribution in [0.1, 0.15) is 26.2 Å². The molecule has 2 saturated heterocycles. The zero-order valence-electron chi connectivity index (χ0n) is 10.9. The molecule has 98 valence electrons. The molecule has 0 spiro atoms. The summed E-state index contributed by atoms with van der Waals surface area (Å²) in [4.78, 5) is 14.1. The van der Waals surface area contributed by atoms with Gasteiger partial charge < -0.3 is 15.0 Å². The van der Waals surface area contributed by atoms with Crippen molar-refractivity contribution in [3.63, 3.8) is 0 Å². The number of nitrogens with one attached hydrogen (secondary N) is 1. The van der Waals surface area contributed by atoms with Gasteiger partial charge in [-0.2, -0.15) is 0 Å². The molecular weight excluding hydrogens is 216 g/mol. The first-order valence-corrected chi connectivity index (χ1v) is 6.74. The highest BCUT2D eigenvalue weighted by molar-refractivity contribution is 5.79. The second kappa shape index (κ2) is 5.83. The lowest BCUT2D eigenvalue weighted by Crippen LogP contribution is -2.39. The minimum absolute atomic E-state index is 0.0942. The molecule has 0 aromatic rings. The largest absolute Gasteiger partial charge is 0.378 e. The van der Waals surface area contributed by atoms with Crippen molar-refractivity contribution in [2.75, 3.05) is 33.3 Å². The molecule has 2 atom stereocenters. The van der Waals surface area contributed by atoms with E-state index in [2.05, 4.69) is 5.32 Å². The molecule has 4 heteroatoms. The minimum Gasteiger partial charge on any atom is -0.378 e. The van der Waals surface area contributed by atoms with Crippen LogP contribution >= 0.6 is 0 Å². The van der Waals surface area contributed by atoms with Crippen molar-refractivity contribution in [2.24, 2.45) is 11.8 Å². The third kappa shape index (κ3) is 3.42. The van der Waals surface area contributed by atoms with Crippen molar-refractivity contribution in [1.82, 2.24) is 10.2 Å². The summed E-state index contributed by atoms with van der Waals surface area (Å²) < 4.78 is 5.47. The molecule has 0 aromatic heterocycles. The molecule has 2 aliphatic rings. The molecule has 0 aromatic carbocycles. The van der Waals surface area contributed by atoms with E-state index in [1.54, 1.807) is 0 Å². The van der Waals surface area contributed by atoms with Gasteiger partial charge in [0.25, 0.3) is 0 Å². The molecule has 2 aliphatic heterocycles. The van der Waals surface area contributed by atoms with Crippen molar-refractivity contribution in [3.05, 3.63) is 0 Å². The first-order chi connectivity index (χ1) is 8.16. The average Bonchev–Trinajstić information content (AvgIpc) is 2.76. The Kier molecular flexibility index (Phi) is 4.40. The summed E-state index contributed by atoms with van der Waals surface area (Å²) in [7, 11) is 1.94. The van der Waals surface area contributed by atoms with Crippen LogP contribution < -0.4 is 5.32 Å². The van der Waals surface area contributed by atoms with Crippen LogP contribution in [0.15, 0.2) is 0 Å². The second-order valence-corrected chi connectivity index (χ2v) is 5.49. The van der Waals surface area contributed by atoms with E-state index < -0.39 is 0 Å². The summed E-state index contributed by atoms with van der Waals surface area (Å²) in [5.74, 6) is 1.04. The lowest BCUT2D eigenvalue weighted by molar-refractivity contribution is -0.134. The fourth-order valence-corrected chi connectivity index (χ4v) is 2.84. The Hall–Kier alpha value is -0.610. The molecule has 2 rings (SSSR count). The summed E-state index contributed by atoms with van der Waals surface area (Å²) in [5.41, 5.74) is 0. The van der Waals surface area contributed by atoms with Crippen LogP contribution in [0.3, 0.4) is 0 Å². The number of ether oxygens (including phenoxy) is 1. The lowest BCUT2D eigenvalue weighted by atomic mass is 9.97. The van der Waals surface area contributed by atoms with Crippen LogP contribution in [0.2, 0.25) is 0 Å². The second-order valence-electron chi connectivity index (χ2n) is 5.49. The Balaban J connectivity index is 1.78. The number of piperidine rings is 1. The molecule has 1 amide bonds. The molecule has 0 radical (unpaired) electrons. The first kappa shape index (κ1) is 12.8. The van der Waals surface area contributed by atoms with Crippen LogP contribution in [0.5, 0.6) is 0 Å². The van der Waals surface area contributed by atoms with Gasteiger partial charge in [0.1, 0.15) is 0 Å². The van der Waals surface area contributed by atoms with Crippen LogP contribution in [0.4, 0.5) is 0 Å². The monoisotopic (exact) mass is 240 g/mol.